The number of Topliss-reactive ketones (excluding diaryl/α,β-unsaturated/α-hetero) is 1. The van der Waals surface area contributed by atoms with Crippen molar-refractivity contribution in [2.75, 3.05) is 0 Å². The molecule has 0 unspecified atom stereocenters. The summed E-state index contributed by atoms with van der Waals surface area (Å²) in [5, 5.41) is 39.5. The van der Waals surface area contributed by atoms with E-state index in [0.717, 1.165) is 25.7 Å². The number of carbonyl (C=O) groups is 2. The van der Waals surface area contributed by atoms with Gasteiger partial charge in [-0.05, 0) is 74.2 Å². The third kappa shape index (κ3) is 2.46. The lowest BCUT2D eigenvalue weighted by atomic mass is 9.46. The quantitative estimate of drug-likeness (QED) is 0.541. The SMILES string of the molecule is C[C@]12CCC(=O)C=C1CC[C@@H]1[C@@H]2CC[C@@]2(C)[C@H]1CC[C@]2(O)C(=O)C(O)(O)O. The van der Waals surface area contributed by atoms with E-state index in [4.69, 9.17) is 0 Å². The Balaban J connectivity index is 1.68. The summed E-state index contributed by atoms with van der Waals surface area (Å²) in [7, 11) is 0. The van der Waals surface area contributed by atoms with E-state index >= 15 is 0 Å². The Labute approximate surface area is 159 Å². The molecule has 3 fully saturated rings. The Bertz CT molecular complexity index is 721. The molecule has 0 aromatic heterocycles. The molecule has 6 heteroatoms. The van der Waals surface area contributed by atoms with Crippen LogP contribution in [0.5, 0.6) is 0 Å². The van der Waals surface area contributed by atoms with Crippen LogP contribution < -0.4 is 0 Å². The van der Waals surface area contributed by atoms with Crippen molar-refractivity contribution in [3.8, 4) is 0 Å². The normalized spacial score (nSPS) is 47.0. The van der Waals surface area contributed by atoms with Gasteiger partial charge in [-0.3, -0.25) is 9.59 Å². The molecular weight excluding hydrogens is 348 g/mol. The van der Waals surface area contributed by atoms with Gasteiger partial charge in [0, 0.05) is 11.8 Å². The van der Waals surface area contributed by atoms with Gasteiger partial charge in [-0.25, -0.2) is 0 Å². The van der Waals surface area contributed by atoms with Crippen LogP contribution in [0, 0.1) is 28.6 Å². The van der Waals surface area contributed by atoms with Gasteiger partial charge in [-0.1, -0.05) is 19.4 Å². The zero-order valence-electron chi connectivity index (χ0n) is 16.1. The number of allylic oxidation sites excluding steroid dienone is 1. The van der Waals surface area contributed by atoms with Crippen LogP contribution >= 0.6 is 0 Å². The third-order valence-corrected chi connectivity index (χ3v) is 8.79. The average molecular weight is 378 g/mol. The molecule has 3 saturated carbocycles. The van der Waals surface area contributed by atoms with E-state index in [-0.39, 0.29) is 23.5 Å². The number of rotatable bonds is 2. The van der Waals surface area contributed by atoms with Crippen molar-refractivity contribution >= 4 is 11.6 Å². The molecule has 27 heavy (non-hydrogen) atoms. The minimum absolute atomic E-state index is 0.00242. The standard InChI is InChI=1S/C21H30O6/c1-18-8-5-13(22)11-12(18)3-4-14-15(18)6-9-19(2)16(14)7-10-20(19,24)17(23)21(25,26)27/h11,14-16,24-27H,3-10H2,1-2H3/t14-,15+,16+,18+,19+,20+/m1/s1. The van der Waals surface area contributed by atoms with E-state index < -0.39 is 22.8 Å². The Morgan fingerprint density at radius 3 is 2.37 bits per heavy atom. The molecule has 0 aromatic carbocycles. The molecule has 4 rings (SSSR count). The van der Waals surface area contributed by atoms with Crippen molar-refractivity contribution in [3.05, 3.63) is 11.6 Å². The van der Waals surface area contributed by atoms with Crippen molar-refractivity contribution in [2.45, 2.75) is 76.8 Å². The molecule has 150 valence electrons. The van der Waals surface area contributed by atoms with Crippen molar-refractivity contribution in [2.24, 2.45) is 28.6 Å². The second-order valence-corrected chi connectivity index (χ2v) is 9.79. The van der Waals surface area contributed by atoms with Crippen molar-refractivity contribution in [1.82, 2.24) is 0 Å². The van der Waals surface area contributed by atoms with Crippen LogP contribution in [0.1, 0.15) is 65.2 Å². The van der Waals surface area contributed by atoms with Gasteiger partial charge in [0.15, 0.2) is 5.78 Å². The highest BCUT2D eigenvalue weighted by Crippen LogP contribution is 2.67. The second-order valence-electron chi connectivity index (χ2n) is 9.79. The van der Waals surface area contributed by atoms with Gasteiger partial charge in [0.2, 0.25) is 0 Å². The van der Waals surface area contributed by atoms with Crippen LogP contribution in [0.25, 0.3) is 0 Å². The summed E-state index contributed by atoms with van der Waals surface area (Å²) in [6.45, 7) is 4.12. The molecule has 0 aromatic rings. The van der Waals surface area contributed by atoms with Crippen molar-refractivity contribution in [3.63, 3.8) is 0 Å². The summed E-state index contributed by atoms with van der Waals surface area (Å²) < 4.78 is 0. The number of fused-ring (bicyclic) bond motifs is 5. The highest BCUT2D eigenvalue weighted by molar-refractivity contribution is 5.93. The first kappa shape index (κ1) is 19.2. The predicted molar refractivity (Wildman–Crippen MR) is 96.1 cm³/mol. The number of ketones is 2. The molecular formula is C21H30O6. The van der Waals surface area contributed by atoms with Crippen LogP contribution in [0.3, 0.4) is 0 Å². The van der Waals surface area contributed by atoms with E-state index in [1.807, 2.05) is 13.0 Å². The van der Waals surface area contributed by atoms with Crippen molar-refractivity contribution in [1.29, 1.82) is 0 Å². The summed E-state index contributed by atoms with van der Waals surface area (Å²) in [6, 6.07) is 0. The monoisotopic (exact) mass is 378 g/mol. The topological polar surface area (TPSA) is 115 Å². The number of carbonyl (C=O) groups excluding carboxylic acids is 2. The maximum absolute atomic E-state index is 12.5. The Kier molecular flexibility index (Phi) is 4.08. The van der Waals surface area contributed by atoms with Gasteiger partial charge in [0.25, 0.3) is 5.78 Å². The van der Waals surface area contributed by atoms with Crippen LogP contribution in [0.4, 0.5) is 0 Å². The molecule has 6 atom stereocenters. The number of hydrogen-bond donors (Lipinski definition) is 4. The minimum atomic E-state index is -3.51. The zero-order valence-corrected chi connectivity index (χ0v) is 16.1. The minimum Gasteiger partial charge on any atom is -0.381 e. The van der Waals surface area contributed by atoms with Crippen LogP contribution in [0.15, 0.2) is 11.6 Å². The fourth-order valence-corrected chi connectivity index (χ4v) is 7.23. The van der Waals surface area contributed by atoms with Crippen molar-refractivity contribution < 1.29 is 30.0 Å². The Morgan fingerprint density at radius 2 is 1.70 bits per heavy atom. The van der Waals surface area contributed by atoms with E-state index in [1.54, 1.807) is 0 Å². The second kappa shape index (κ2) is 5.72. The van der Waals surface area contributed by atoms with E-state index in [9.17, 15) is 30.0 Å². The summed E-state index contributed by atoms with van der Waals surface area (Å²) in [6.07, 6.45) is 7.26. The Hall–Kier alpha value is -1.08. The maximum Gasteiger partial charge on any atom is 0.342 e. The van der Waals surface area contributed by atoms with Crippen LogP contribution in [-0.4, -0.2) is 43.6 Å². The smallest absolute Gasteiger partial charge is 0.342 e. The molecule has 0 radical (unpaired) electrons. The van der Waals surface area contributed by atoms with Gasteiger partial charge < -0.3 is 20.4 Å². The zero-order chi connectivity index (χ0) is 19.8. The first-order valence-corrected chi connectivity index (χ1v) is 10.1. The lowest BCUT2D eigenvalue weighted by Gasteiger charge is -2.59. The lowest BCUT2D eigenvalue weighted by molar-refractivity contribution is -0.300. The first-order chi connectivity index (χ1) is 12.4. The summed E-state index contributed by atoms with van der Waals surface area (Å²) in [4.78, 5) is 24.4. The fraction of sp³-hybridized carbons (Fsp3) is 0.810. The Morgan fingerprint density at radius 1 is 1.04 bits per heavy atom. The molecule has 0 amide bonds. The van der Waals surface area contributed by atoms with Gasteiger partial charge in [0.05, 0.1) is 0 Å². The van der Waals surface area contributed by atoms with Gasteiger partial charge in [-0.2, -0.15) is 0 Å². The maximum atomic E-state index is 12.5. The fourth-order valence-electron chi connectivity index (χ4n) is 7.23. The number of hydrogen-bond acceptors (Lipinski definition) is 6. The van der Waals surface area contributed by atoms with Gasteiger partial charge in [0.1, 0.15) is 5.60 Å². The lowest BCUT2D eigenvalue weighted by Crippen LogP contribution is -2.62. The highest BCUT2D eigenvalue weighted by Gasteiger charge is 2.68. The molecule has 4 aliphatic rings. The molecule has 0 saturated heterocycles. The van der Waals surface area contributed by atoms with Crippen LogP contribution in [-0.2, 0) is 9.59 Å². The molecule has 0 heterocycles. The average Bonchev–Trinajstić information content (AvgIpc) is 2.86. The van der Waals surface area contributed by atoms with E-state index in [0.29, 0.717) is 31.1 Å². The van der Waals surface area contributed by atoms with E-state index in [2.05, 4.69) is 6.92 Å². The molecule has 6 nitrogen and oxygen atoms in total. The van der Waals surface area contributed by atoms with E-state index in [1.165, 1.54) is 5.57 Å². The first-order valence-electron chi connectivity index (χ1n) is 10.1. The molecule has 0 bridgehead atoms. The van der Waals surface area contributed by atoms with Crippen LogP contribution in [0.2, 0.25) is 0 Å². The third-order valence-electron chi connectivity index (χ3n) is 8.79. The predicted octanol–water partition coefficient (Wildman–Crippen LogP) is 1.45. The molecule has 4 aliphatic carbocycles. The summed E-state index contributed by atoms with van der Waals surface area (Å²) in [5.74, 6) is -3.78. The number of aliphatic hydroxyl groups is 4. The highest BCUT2D eigenvalue weighted by atomic mass is 16.7. The van der Waals surface area contributed by atoms with Gasteiger partial charge in [-0.15, -0.1) is 0 Å². The molecule has 4 N–H and O–H groups in total. The molecule has 0 spiro atoms. The summed E-state index contributed by atoms with van der Waals surface area (Å²) in [5.41, 5.74) is -1.46. The molecule has 0 aliphatic heterocycles. The van der Waals surface area contributed by atoms with Gasteiger partial charge >= 0.3 is 5.97 Å². The largest absolute Gasteiger partial charge is 0.381 e. The summed E-state index contributed by atoms with van der Waals surface area (Å²) >= 11 is 0.